The molecular weight excluding hydrogens is 388 g/mol. The highest BCUT2D eigenvalue weighted by Crippen LogP contribution is 2.49. The number of nitriles is 1. The van der Waals surface area contributed by atoms with Gasteiger partial charge >= 0.3 is 6.18 Å². The molecule has 0 saturated carbocycles. The summed E-state index contributed by atoms with van der Waals surface area (Å²) in [4.78, 5) is 0. The first-order valence-electron chi connectivity index (χ1n) is 8.40. The number of allylic oxidation sites excluding steroid dienone is 1. The van der Waals surface area contributed by atoms with Crippen molar-refractivity contribution in [3.63, 3.8) is 0 Å². The Morgan fingerprint density at radius 2 is 1.72 bits per heavy atom. The van der Waals surface area contributed by atoms with Crippen LogP contribution < -0.4 is 10.5 Å². The Morgan fingerprint density at radius 1 is 1.07 bits per heavy atom. The highest BCUT2D eigenvalue weighted by atomic mass is 19.4. The number of halogens is 4. The molecule has 1 aliphatic heterocycles. The van der Waals surface area contributed by atoms with Crippen molar-refractivity contribution in [2.45, 2.75) is 12.1 Å². The molecule has 0 amide bonds. The van der Waals surface area contributed by atoms with Gasteiger partial charge in [0.1, 0.15) is 17.5 Å². The van der Waals surface area contributed by atoms with Crippen LogP contribution in [-0.4, -0.2) is 9.78 Å². The number of benzene rings is 2. The number of para-hydroxylation sites is 1. The summed E-state index contributed by atoms with van der Waals surface area (Å²) in [6.07, 6.45) is -4.87. The molecule has 2 N–H and O–H groups in total. The summed E-state index contributed by atoms with van der Waals surface area (Å²) < 4.78 is 62.5. The van der Waals surface area contributed by atoms with Crippen molar-refractivity contribution < 1.29 is 22.3 Å². The van der Waals surface area contributed by atoms with Gasteiger partial charge in [-0.1, -0.05) is 36.4 Å². The van der Waals surface area contributed by atoms with Gasteiger partial charge in [0.2, 0.25) is 11.8 Å². The maximum atomic E-state index is 14.5. The lowest BCUT2D eigenvalue weighted by atomic mass is 9.83. The predicted molar refractivity (Wildman–Crippen MR) is 94.3 cm³/mol. The fourth-order valence-corrected chi connectivity index (χ4v) is 3.31. The highest BCUT2D eigenvalue weighted by molar-refractivity contribution is 5.58. The van der Waals surface area contributed by atoms with E-state index in [4.69, 9.17) is 10.5 Å². The molecule has 29 heavy (non-hydrogen) atoms. The van der Waals surface area contributed by atoms with Crippen LogP contribution in [0.25, 0.3) is 5.69 Å². The minimum absolute atomic E-state index is 0.130. The predicted octanol–water partition coefficient (Wildman–Crippen LogP) is 4.25. The molecule has 0 unspecified atom stereocenters. The fraction of sp³-hybridized carbons (Fsp3) is 0.100. The molecule has 1 atom stereocenters. The highest BCUT2D eigenvalue weighted by Gasteiger charge is 2.46. The number of aromatic nitrogens is 2. The van der Waals surface area contributed by atoms with Crippen molar-refractivity contribution in [1.29, 1.82) is 5.26 Å². The van der Waals surface area contributed by atoms with E-state index in [1.54, 1.807) is 24.3 Å². The summed E-state index contributed by atoms with van der Waals surface area (Å²) in [5.74, 6) is -2.90. The molecule has 1 aliphatic rings. The van der Waals surface area contributed by atoms with Crippen molar-refractivity contribution in [3.05, 3.63) is 88.7 Å². The van der Waals surface area contributed by atoms with Crippen LogP contribution >= 0.6 is 0 Å². The van der Waals surface area contributed by atoms with Gasteiger partial charge in [0.25, 0.3) is 0 Å². The average Bonchev–Trinajstić information content (AvgIpc) is 3.07. The Hall–Kier alpha value is -3.80. The molecule has 3 aromatic rings. The lowest BCUT2D eigenvalue weighted by molar-refractivity contribution is -0.142. The molecule has 0 spiro atoms. The Morgan fingerprint density at radius 3 is 2.34 bits per heavy atom. The van der Waals surface area contributed by atoms with Crippen molar-refractivity contribution in [1.82, 2.24) is 9.78 Å². The second-order valence-electron chi connectivity index (χ2n) is 6.26. The smallest absolute Gasteiger partial charge is 0.422 e. The maximum absolute atomic E-state index is 14.5. The van der Waals surface area contributed by atoms with Crippen LogP contribution in [0.2, 0.25) is 0 Å². The van der Waals surface area contributed by atoms with E-state index in [0.717, 1.165) is 10.7 Å². The van der Waals surface area contributed by atoms with Crippen LogP contribution in [-0.2, 0) is 6.18 Å². The van der Waals surface area contributed by atoms with Crippen molar-refractivity contribution in [2.24, 2.45) is 5.73 Å². The number of rotatable bonds is 2. The van der Waals surface area contributed by atoms with E-state index in [9.17, 15) is 22.8 Å². The number of fused-ring (bicyclic) bond motifs is 1. The van der Waals surface area contributed by atoms with Crippen LogP contribution in [0, 0.1) is 17.1 Å². The van der Waals surface area contributed by atoms with Crippen molar-refractivity contribution in [2.75, 3.05) is 0 Å². The molecule has 2 aromatic carbocycles. The first kappa shape index (κ1) is 18.6. The Balaban J connectivity index is 2.07. The lowest BCUT2D eigenvalue weighted by Crippen LogP contribution is -2.24. The summed E-state index contributed by atoms with van der Waals surface area (Å²) >= 11 is 0. The third-order valence-electron chi connectivity index (χ3n) is 4.53. The minimum atomic E-state index is -4.87. The second kappa shape index (κ2) is 6.67. The van der Waals surface area contributed by atoms with E-state index in [1.807, 2.05) is 0 Å². The zero-order chi connectivity index (χ0) is 20.8. The van der Waals surface area contributed by atoms with E-state index in [0.29, 0.717) is 5.69 Å². The number of hydrogen-bond donors (Lipinski definition) is 1. The van der Waals surface area contributed by atoms with Gasteiger partial charge in [-0.2, -0.15) is 28.2 Å². The molecule has 0 saturated heterocycles. The second-order valence-corrected chi connectivity index (χ2v) is 6.26. The molecule has 9 heteroatoms. The third kappa shape index (κ3) is 2.99. The Bertz CT molecular complexity index is 1160. The van der Waals surface area contributed by atoms with Gasteiger partial charge < -0.3 is 10.5 Å². The maximum Gasteiger partial charge on any atom is 0.435 e. The van der Waals surface area contributed by atoms with Gasteiger partial charge in [-0.05, 0) is 18.2 Å². The largest absolute Gasteiger partial charge is 0.435 e. The Kier molecular flexibility index (Phi) is 4.27. The number of ether oxygens (including phenoxy) is 1. The molecule has 0 bridgehead atoms. The first-order valence-corrected chi connectivity index (χ1v) is 8.40. The van der Waals surface area contributed by atoms with Crippen LogP contribution in [0.1, 0.15) is 22.7 Å². The zero-order valence-electron chi connectivity index (χ0n) is 14.6. The fourth-order valence-electron chi connectivity index (χ4n) is 3.31. The van der Waals surface area contributed by atoms with E-state index >= 15 is 0 Å². The zero-order valence-corrected chi connectivity index (χ0v) is 14.6. The SMILES string of the molecule is N#CC1=C(N)Oc2c(c(C(F)(F)F)nn2-c2ccccc2)[C@@H]1c1ccccc1F. The van der Waals surface area contributed by atoms with Gasteiger partial charge in [0.15, 0.2) is 5.69 Å². The summed E-state index contributed by atoms with van der Waals surface area (Å²) in [7, 11) is 0. The summed E-state index contributed by atoms with van der Waals surface area (Å²) in [5.41, 5.74) is 3.95. The van der Waals surface area contributed by atoms with Crippen molar-refractivity contribution >= 4 is 0 Å². The van der Waals surface area contributed by atoms with E-state index in [-0.39, 0.29) is 17.0 Å². The van der Waals surface area contributed by atoms with Gasteiger partial charge in [-0.15, -0.1) is 0 Å². The molecule has 146 valence electrons. The van der Waals surface area contributed by atoms with Gasteiger partial charge in [-0.3, -0.25) is 0 Å². The molecule has 4 rings (SSSR count). The third-order valence-corrected chi connectivity index (χ3v) is 4.53. The summed E-state index contributed by atoms with van der Waals surface area (Å²) in [6.45, 7) is 0. The number of nitrogens with zero attached hydrogens (tertiary/aromatic N) is 3. The summed E-state index contributed by atoms with van der Waals surface area (Å²) in [6, 6.07) is 15.0. The normalized spacial score (nSPS) is 16.2. The first-order chi connectivity index (χ1) is 13.8. The minimum Gasteiger partial charge on any atom is -0.422 e. The van der Waals surface area contributed by atoms with Crippen molar-refractivity contribution in [3.8, 4) is 17.6 Å². The number of hydrogen-bond acceptors (Lipinski definition) is 4. The quantitative estimate of drug-likeness (QED) is 0.653. The van der Waals surface area contributed by atoms with Gasteiger partial charge in [-0.25, -0.2) is 4.39 Å². The number of alkyl halides is 3. The molecule has 5 nitrogen and oxygen atoms in total. The van der Waals surface area contributed by atoms with Crippen LogP contribution in [0.4, 0.5) is 17.6 Å². The average molecular weight is 400 g/mol. The molecule has 0 aliphatic carbocycles. The Labute approximate surface area is 162 Å². The van der Waals surface area contributed by atoms with Crippen LogP contribution in [0.3, 0.4) is 0 Å². The molecule has 1 aromatic heterocycles. The molecule has 0 fully saturated rings. The molecule has 2 heterocycles. The van der Waals surface area contributed by atoms with E-state index < -0.39 is 35.1 Å². The topological polar surface area (TPSA) is 76.9 Å². The van der Waals surface area contributed by atoms with E-state index in [1.165, 1.54) is 30.3 Å². The van der Waals surface area contributed by atoms with Gasteiger partial charge in [0.05, 0.1) is 17.2 Å². The monoisotopic (exact) mass is 400 g/mol. The lowest BCUT2D eigenvalue weighted by Gasteiger charge is -2.25. The van der Waals surface area contributed by atoms with Crippen LogP contribution in [0.15, 0.2) is 66.1 Å². The molecule has 0 radical (unpaired) electrons. The number of nitrogens with two attached hydrogens (primary N) is 1. The van der Waals surface area contributed by atoms with E-state index in [2.05, 4.69) is 5.10 Å². The van der Waals surface area contributed by atoms with Crippen LogP contribution in [0.5, 0.6) is 5.88 Å². The standard InChI is InChI=1S/C20H12F4N4O/c21-14-9-5-4-8-12(14)15-13(10-25)18(26)29-19-16(15)17(20(22,23)24)27-28(19)11-6-2-1-3-7-11/h1-9,15H,26H2/t15-/m1/s1. The van der Waals surface area contributed by atoms with Gasteiger partial charge in [0, 0.05) is 5.56 Å². The summed E-state index contributed by atoms with van der Waals surface area (Å²) in [5, 5.41) is 13.2. The molecular formula is C20H12F4N4O.